The number of rotatable bonds is 4. The third-order valence-corrected chi connectivity index (χ3v) is 5.40. The monoisotopic (exact) mass is 382 g/mol. The second-order valence-electron chi connectivity index (χ2n) is 7.76. The van der Waals surface area contributed by atoms with Gasteiger partial charge in [0.2, 0.25) is 5.91 Å². The first-order valence-corrected chi connectivity index (χ1v) is 9.37. The third-order valence-electron chi connectivity index (χ3n) is 5.40. The smallest absolute Gasteiger partial charge is 0.388 e. The Kier molecular flexibility index (Phi) is 5.49. The van der Waals surface area contributed by atoms with Crippen molar-refractivity contribution in [3.63, 3.8) is 0 Å². The first-order valence-electron chi connectivity index (χ1n) is 9.37. The minimum atomic E-state index is -4.30. The molecule has 7 heteroatoms. The van der Waals surface area contributed by atoms with Crippen molar-refractivity contribution in [3.8, 4) is 0 Å². The number of carbonyl (C=O) groups is 1. The number of hydrogen-bond donors (Lipinski definition) is 0. The van der Waals surface area contributed by atoms with E-state index in [9.17, 15) is 18.0 Å². The van der Waals surface area contributed by atoms with Crippen LogP contribution in [0, 0.1) is 0 Å². The van der Waals surface area contributed by atoms with Crippen molar-refractivity contribution in [3.05, 3.63) is 35.4 Å². The summed E-state index contributed by atoms with van der Waals surface area (Å²) in [6.07, 6.45) is -4.01. The highest BCUT2D eigenvalue weighted by Gasteiger charge is 2.43. The van der Waals surface area contributed by atoms with Crippen LogP contribution in [0.2, 0.25) is 0 Å². The molecule has 0 aliphatic carbocycles. The molecule has 2 aliphatic rings. The van der Waals surface area contributed by atoms with E-state index in [4.69, 9.17) is 4.84 Å². The van der Waals surface area contributed by atoms with Crippen LogP contribution < -0.4 is 0 Å². The van der Waals surface area contributed by atoms with E-state index in [0.717, 1.165) is 11.3 Å². The standard InChI is InChI=1S/C20H25F3N2O2/c1-14(2)15-3-5-16(6-4-15)17-13-19(27-24-17)9-11-25(12-10-19)18(26)7-8-20(21,22)23/h3-6,14H,7-13H2,1-2H3. The van der Waals surface area contributed by atoms with Gasteiger partial charge in [0.1, 0.15) is 5.60 Å². The molecule has 1 aromatic rings. The largest absolute Gasteiger partial charge is 0.389 e. The van der Waals surface area contributed by atoms with E-state index >= 15 is 0 Å². The lowest BCUT2D eigenvalue weighted by Crippen LogP contribution is -2.47. The number of benzene rings is 1. The van der Waals surface area contributed by atoms with Crippen molar-refractivity contribution in [1.82, 2.24) is 4.90 Å². The summed E-state index contributed by atoms with van der Waals surface area (Å²) in [6.45, 7) is 5.10. The molecular formula is C20H25F3N2O2. The second kappa shape index (κ2) is 7.52. The Hall–Kier alpha value is -2.05. The molecule has 1 aromatic carbocycles. The molecule has 3 rings (SSSR count). The molecule has 148 valence electrons. The minimum absolute atomic E-state index is 0.409. The second-order valence-corrected chi connectivity index (χ2v) is 7.76. The van der Waals surface area contributed by atoms with Crippen molar-refractivity contribution in [2.75, 3.05) is 13.1 Å². The van der Waals surface area contributed by atoms with Crippen LogP contribution in [0.25, 0.3) is 0 Å². The van der Waals surface area contributed by atoms with Crippen molar-refractivity contribution in [1.29, 1.82) is 0 Å². The lowest BCUT2D eigenvalue weighted by Gasteiger charge is -2.37. The molecule has 0 bridgehead atoms. The van der Waals surface area contributed by atoms with Crippen LogP contribution in [0.4, 0.5) is 13.2 Å². The molecule has 0 saturated carbocycles. The molecule has 0 atom stereocenters. The Morgan fingerprint density at radius 2 is 1.85 bits per heavy atom. The van der Waals surface area contributed by atoms with Crippen LogP contribution in [0.1, 0.15) is 63.0 Å². The maximum Gasteiger partial charge on any atom is 0.389 e. The number of likely N-dealkylation sites (tertiary alicyclic amines) is 1. The van der Waals surface area contributed by atoms with Crippen LogP contribution in [-0.2, 0) is 9.63 Å². The summed E-state index contributed by atoms with van der Waals surface area (Å²) in [5.74, 6) is 0.0250. The summed E-state index contributed by atoms with van der Waals surface area (Å²) in [5.41, 5.74) is 2.74. The number of nitrogens with zero attached hydrogens (tertiary/aromatic N) is 2. The normalized spacial score (nSPS) is 19.3. The molecule has 1 fully saturated rings. The molecule has 0 aromatic heterocycles. The van der Waals surface area contributed by atoms with Gasteiger partial charge in [0, 0.05) is 38.8 Å². The van der Waals surface area contributed by atoms with Crippen LogP contribution >= 0.6 is 0 Å². The van der Waals surface area contributed by atoms with E-state index in [1.807, 2.05) is 12.1 Å². The van der Waals surface area contributed by atoms with Crippen molar-refractivity contribution < 1.29 is 22.8 Å². The predicted molar refractivity (Wildman–Crippen MR) is 96.6 cm³/mol. The average Bonchev–Trinajstić information content (AvgIpc) is 3.03. The summed E-state index contributed by atoms with van der Waals surface area (Å²) >= 11 is 0. The fourth-order valence-electron chi connectivity index (χ4n) is 3.58. The molecule has 1 saturated heterocycles. The van der Waals surface area contributed by atoms with Crippen molar-refractivity contribution in [2.45, 2.75) is 63.6 Å². The molecule has 0 unspecified atom stereocenters. The van der Waals surface area contributed by atoms with E-state index in [1.54, 1.807) is 0 Å². The highest BCUT2D eigenvalue weighted by Crippen LogP contribution is 2.36. The van der Waals surface area contributed by atoms with Gasteiger partial charge in [-0.05, 0) is 17.0 Å². The lowest BCUT2D eigenvalue weighted by atomic mass is 9.85. The molecule has 0 N–H and O–H groups in total. The fourth-order valence-corrected chi connectivity index (χ4v) is 3.58. The Morgan fingerprint density at radius 1 is 1.22 bits per heavy atom. The number of alkyl halides is 3. The number of halogens is 3. The SMILES string of the molecule is CC(C)c1ccc(C2=NOC3(CCN(C(=O)CCC(F)(F)F)CC3)C2)cc1. The van der Waals surface area contributed by atoms with E-state index in [-0.39, 0.29) is 0 Å². The minimum Gasteiger partial charge on any atom is -0.388 e. The Morgan fingerprint density at radius 3 is 2.41 bits per heavy atom. The average molecular weight is 382 g/mol. The zero-order valence-electron chi connectivity index (χ0n) is 15.7. The van der Waals surface area contributed by atoms with Gasteiger partial charge in [0.15, 0.2) is 0 Å². The van der Waals surface area contributed by atoms with E-state index in [0.29, 0.717) is 38.3 Å². The Balaban J connectivity index is 1.53. The molecule has 2 heterocycles. The van der Waals surface area contributed by atoms with Gasteiger partial charge in [0.25, 0.3) is 0 Å². The molecule has 1 spiro atoms. The van der Waals surface area contributed by atoms with Gasteiger partial charge in [-0.25, -0.2) is 0 Å². The molecule has 0 radical (unpaired) electrons. The number of amides is 1. The van der Waals surface area contributed by atoms with E-state index in [1.165, 1.54) is 10.5 Å². The van der Waals surface area contributed by atoms with Gasteiger partial charge in [-0.15, -0.1) is 0 Å². The Labute approximate surface area is 157 Å². The lowest BCUT2D eigenvalue weighted by molar-refractivity contribution is -0.152. The fraction of sp³-hybridized carbons (Fsp3) is 0.600. The topological polar surface area (TPSA) is 41.9 Å². The van der Waals surface area contributed by atoms with Crippen LogP contribution in [-0.4, -0.2) is 41.4 Å². The zero-order valence-corrected chi connectivity index (χ0v) is 15.7. The molecule has 27 heavy (non-hydrogen) atoms. The van der Waals surface area contributed by atoms with E-state index < -0.39 is 30.5 Å². The summed E-state index contributed by atoms with van der Waals surface area (Å²) in [5, 5.41) is 4.26. The van der Waals surface area contributed by atoms with Gasteiger partial charge in [-0.1, -0.05) is 43.3 Å². The predicted octanol–water partition coefficient (Wildman–Crippen LogP) is 4.64. The van der Waals surface area contributed by atoms with Crippen molar-refractivity contribution in [2.24, 2.45) is 5.16 Å². The number of hydrogen-bond acceptors (Lipinski definition) is 3. The van der Waals surface area contributed by atoms with Crippen LogP contribution in [0.3, 0.4) is 0 Å². The molecule has 2 aliphatic heterocycles. The molecular weight excluding hydrogens is 357 g/mol. The summed E-state index contributed by atoms with van der Waals surface area (Å²) in [7, 11) is 0. The van der Waals surface area contributed by atoms with Crippen LogP contribution in [0.15, 0.2) is 29.4 Å². The highest BCUT2D eigenvalue weighted by molar-refractivity contribution is 6.01. The van der Waals surface area contributed by atoms with Gasteiger partial charge >= 0.3 is 6.18 Å². The number of carbonyl (C=O) groups excluding carboxylic acids is 1. The third kappa shape index (κ3) is 4.82. The van der Waals surface area contributed by atoms with Gasteiger partial charge in [0.05, 0.1) is 12.1 Å². The molecule has 1 amide bonds. The maximum atomic E-state index is 12.3. The maximum absolute atomic E-state index is 12.3. The number of oxime groups is 1. The highest BCUT2D eigenvalue weighted by atomic mass is 19.4. The van der Waals surface area contributed by atoms with E-state index in [2.05, 4.69) is 31.1 Å². The van der Waals surface area contributed by atoms with Crippen molar-refractivity contribution >= 4 is 11.6 Å². The quantitative estimate of drug-likeness (QED) is 0.761. The first-order chi connectivity index (χ1) is 12.7. The number of piperidine rings is 1. The zero-order chi connectivity index (χ0) is 19.7. The van der Waals surface area contributed by atoms with Gasteiger partial charge < -0.3 is 9.74 Å². The summed E-state index contributed by atoms with van der Waals surface area (Å²) in [6, 6.07) is 8.28. The van der Waals surface area contributed by atoms with Gasteiger partial charge in [-0.3, -0.25) is 4.79 Å². The first kappa shape index (κ1) is 19.7. The van der Waals surface area contributed by atoms with Gasteiger partial charge in [-0.2, -0.15) is 13.2 Å². The Bertz CT molecular complexity index is 703. The molecule has 4 nitrogen and oxygen atoms in total. The van der Waals surface area contributed by atoms with Crippen LogP contribution in [0.5, 0.6) is 0 Å². The summed E-state index contributed by atoms with van der Waals surface area (Å²) < 4.78 is 36.9. The summed E-state index contributed by atoms with van der Waals surface area (Å²) in [4.78, 5) is 19.2.